The minimum atomic E-state index is -1.23. The Morgan fingerprint density at radius 2 is 1.97 bits per heavy atom. The number of thiazole rings is 1. The number of likely N-dealkylation sites (tertiary alicyclic amines) is 1. The summed E-state index contributed by atoms with van der Waals surface area (Å²) in [5.41, 5.74) is 0.383. The quantitative estimate of drug-likeness (QED) is 0.567. The Labute approximate surface area is 201 Å². The summed E-state index contributed by atoms with van der Waals surface area (Å²) in [7, 11) is 1.56. The smallest absolute Gasteiger partial charge is 0.325 e. The van der Waals surface area contributed by atoms with Gasteiger partial charge in [-0.2, -0.15) is 0 Å². The van der Waals surface area contributed by atoms with E-state index in [0.717, 1.165) is 33.0 Å². The number of nitrogens with one attached hydrogen (secondary N) is 1. The number of urea groups is 1. The summed E-state index contributed by atoms with van der Waals surface area (Å²) in [6.45, 7) is 2.53. The Morgan fingerprint density at radius 1 is 1.21 bits per heavy atom. The number of ether oxygens (including phenoxy) is 1. The summed E-state index contributed by atoms with van der Waals surface area (Å²) in [5, 5.41) is 3.79. The molecule has 9 heteroatoms. The van der Waals surface area contributed by atoms with E-state index in [9.17, 15) is 14.4 Å². The molecular weight excluding hydrogens is 452 g/mol. The van der Waals surface area contributed by atoms with Gasteiger partial charge in [-0.1, -0.05) is 24.3 Å². The highest BCUT2D eigenvalue weighted by Gasteiger charge is 2.49. The number of carbonyl (C=O) groups is 3. The Bertz CT molecular complexity index is 1220. The van der Waals surface area contributed by atoms with Crippen LogP contribution in [0.25, 0.3) is 10.2 Å². The number of piperidine rings is 1. The molecule has 0 radical (unpaired) electrons. The molecule has 8 nitrogen and oxygen atoms in total. The average molecular weight is 479 g/mol. The summed E-state index contributed by atoms with van der Waals surface area (Å²) in [5.74, 6) is 0.149. The summed E-state index contributed by atoms with van der Waals surface area (Å²) in [6, 6.07) is 14.4. The van der Waals surface area contributed by atoms with Crippen molar-refractivity contribution in [3.63, 3.8) is 0 Å². The molecule has 2 atom stereocenters. The molecular formula is C25H26N4O4S. The molecule has 2 fully saturated rings. The monoisotopic (exact) mass is 478 g/mol. The van der Waals surface area contributed by atoms with Gasteiger partial charge in [0, 0.05) is 19.0 Å². The van der Waals surface area contributed by atoms with Crippen molar-refractivity contribution in [2.45, 2.75) is 31.2 Å². The van der Waals surface area contributed by atoms with Crippen molar-refractivity contribution in [3.05, 3.63) is 59.1 Å². The molecule has 3 heterocycles. The predicted octanol–water partition coefficient (Wildman–Crippen LogP) is 3.48. The van der Waals surface area contributed by atoms with Gasteiger partial charge in [0.1, 0.15) is 17.8 Å². The van der Waals surface area contributed by atoms with E-state index in [2.05, 4.69) is 11.4 Å². The van der Waals surface area contributed by atoms with Crippen LogP contribution in [0, 0.1) is 0 Å². The van der Waals surface area contributed by atoms with E-state index in [4.69, 9.17) is 9.72 Å². The molecule has 3 aromatic rings. The molecule has 2 aliphatic rings. The highest BCUT2D eigenvalue weighted by Crippen LogP contribution is 2.34. The second-order valence-corrected chi connectivity index (χ2v) is 9.94. The topological polar surface area (TPSA) is 91.8 Å². The number of para-hydroxylation sites is 1. The fourth-order valence-corrected chi connectivity index (χ4v) is 5.76. The second-order valence-electron chi connectivity index (χ2n) is 8.87. The number of imide groups is 1. The minimum absolute atomic E-state index is 0.155. The van der Waals surface area contributed by atoms with Crippen LogP contribution in [-0.2, 0) is 15.1 Å². The van der Waals surface area contributed by atoms with E-state index in [1.165, 1.54) is 0 Å². The molecule has 2 saturated heterocycles. The standard InChI is InChI=1S/C25H26N4O4S/c1-25(17-9-11-18(33-2)12-10-17)23(31)29(24(32)27-25)15-21(30)28-13-5-6-16(14-28)22-26-19-7-3-4-8-20(19)34-22/h3-4,7-12,16H,5-6,13-15H2,1-2H3,(H,27,32)/t16-,25+/m0/s1. The van der Waals surface area contributed by atoms with Gasteiger partial charge in [-0.3, -0.25) is 14.5 Å². The lowest BCUT2D eigenvalue weighted by Crippen LogP contribution is -2.47. The first-order valence-electron chi connectivity index (χ1n) is 11.3. The number of rotatable bonds is 5. The lowest BCUT2D eigenvalue weighted by Gasteiger charge is -2.32. The third kappa shape index (κ3) is 3.90. The van der Waals surface area contributed by atoms with Gasteiger partial charge in [-0.15, -0.1) is 11.3 Å². The van der Waals surface area contributed by atoms with Crippen molar-refractivity contribution in [1.29, 1.82) is 0 Å². The zero-order valence-corrected chi connectivity index (χ0v) is 19.9. The van der Waals surface area contributed by atoms with E-state index >= 15 is 0 Å². The van der Waals surface area contributed by atoms with Crippen LogP contribution in [0.3, 0.4) is 0 Å². The number of hydrogen-bond acceptors (Lipinski definition) is 6. The highest BCUT2D eigenvalue weighted by atomic mass is 32.1. The van der Waals surface area contributed by atoms with Crippen LogP contribution in [0.2, 0.25) is 0 Å². The average Bonchev–Trinajstić information content (AvgIpc) is 3.39. The number of benzene rings is 2. The zero-order chi connectivity index (χ0) is 23.9. The van der Waals surface area contributed by atoms with E-state index < -0.39 is 17.5 Å². The number of hydrogen-bond donors (Lipinski definition) is 1. The van der Waals surface area contributed by atoms with Gasteiger partial charge in [-0.25, -0.2) is 9.78 Å². The Kier molecular flexibility index (Phi) is 5.73. The first-order chi connectivity index (χ1) is 16.4. The molecule has 0 saturated carbocycles. The van der Waals surface area contributed by atoms with Crippen LogP contribution in [0.4, 0.5) is 4.79 Å². The largest absolute Gasteiger partial charge is 0.497 e. The predicted molar refractivity (Wildman–Crippen MR) is 129 cm³/mol. The maximum Gasteiger partial charge on any atom is 0.325 e. The Balaban J connectivity index is 1.28. The van der Waals surface area contributed by atoms with Gasteiger partial charge in [-0.05, 0) is 49.6 Å². The summed E-state index contributed by atoms with van der Waals surface area (Å²) in [4.78, 5) is 46.6. The fourth-order valence-electron chi connectivity index (χ4n) is 4.67. The van der Waals surface area contributed by atoms with E-state index in [1.54, 1.807) is 54.5 Å². The maximum absolute atomic E-state index is 13.2. The van der Waals surface area contributed by atoms with Gasteiger partial charge >= 0.3 is 6.03 Å². The summed E-state index contributed by atoms with van der Waals surface area (Å²) < 4.78 is 6.31. The lowest BCUT2D eigenvalue weighted by atomic mass is 9.92. The van der Waals surface area contributed by atoms with Gasteiger partial charge in [0.2, 0.25) is 5.91 Å². The Morgan fingerprint density at radius 3 is 2.71 bits per heavy atom. The lowest BCUT2D eigenvalue weighted by molar-refractivity contribution is -0.139. The van der Waals surface area contributed by atoms with Crippen LogP contribution in [-0.4, -0.2) is 59.4 Å². The third-order valence-corrected chi connectivity index (χ3v) is 7.87. The number of fused-ring (bicyclic) bond motifs is 1. The number of amides is 4. The summed E-state index contributed by atoms with van der Waals surface area (Å²) >= 11 is 1.66. The van der Waals surface area contributed by atoms with E-state index in [-0.39, 0.29) is 18.4 Å². The second kappa shape index (κ2) is 8.72. The zero-order valence-electron chi connectivity index (χ0n) is 19.1. The molecule has 0 bridgehead atoms. The Hall–Kier alpha value is -3.46. The molecule has 0 unspecified atom stereocenters. The van der Waals surface area contributed by atoms with Gasteiger partial charge < -0.3 is 15.0 Å². The number of aromatic nitrogens is 1. The maximum atomic E-state index is 13.2. The first kappa shape index (κ1) is 22.3. The van der Waals surface area contributed by atoms with Crippen molar-refractivity contribution in [1.82, 2.24) is 20.1 Å². The molecule has 2 aromatic carbocycles. The van der Waals surface area contributed by atoms with Crippen LogP contribution in [0.15, 0.2) is 48.5 Å². The number of carbonyl (C=O) groups excluding carboxylic acids is 3. The van der Waals surface area contributed by atoms with Crippen LogP contribution < -0.4 is 10.1 Å². The minimum Gasteiger partial charge on any atom is -0.497 e. The molecule has 0 spiro atoms. The van der Waals surface area contributed by atoms with Crippen LogP contribution in [0.5, 0.6) is 5.75 Å². The molecule has 4 amide bonds. The highest BCUT2D eigenvalue weighted by molar-refractivity contribution is 7.18. The van der Waals surface area contributed by atoms with Crippen LogP contribution in [0.1, 0.15) is 36.3 Å². The molecule has 1 N–H and O–H groups in total. The van der Waals surface area contributed by atoms with Crippen molar-refractivity contribution >= 4 is 39.4 Å². The molecule has 1 aromatic heterocycles. The normalized spacial score (nSPS) is 22.8. The summed E-state index contributed by atoms with van der Waals surface area (Å²) in [6.07, 6.45) is 1.82. The fraction of sp³-hybridized carbons (Fsp3) is 0.360. The van der Waals surface area contributed by atoms with E-state index in [1.807, 2.05) is 18.2 Å². The van der Waals surface area contributed by atoms with Crippen molar-refractivity contribution in [2.24, 2.45) is 0 Å². The first-order valence-corrected chi connectivity index (χ1v) is 12.1. The van der Waals surface area contributed by atoms with Gasteiger partial charge in [0.25, 0.3) is 5.91 Å². The molecule has 34 heavy (non-hydrogen) atoms. The third-order valence-electron chi connectivity index (χ3n) is 6.67. The van der Waals surface area contributed by atoms with Gasteiger partial charge in [0.05, 0.1) is 22.3 Å². The molecule has 176 valence electrons. The van der Waals surface area contributed by atoms with Gasteiger partial charge in [0.15, 0.2) is 0 Å². The van der Waals surface area contributed by atoms with Crippen LogP contribution >= 0.6 is 11.3 Å². The molecule has 2 aliphatic heterocycles. The number of methoxy groups -OCH3 is 1. The molecule has 0 aliphatic carbocycles. The SMILES string of the molecule is COc1ccc([C@@]2(C)NC(=O)N(CC(=O)N3CCC[C@H](c4nc5ccccc5s4)C3)C2=O)cc1. The molecule has 5 rings (SSSR count). The van der Waals surface area contributed by atoms with E-state index in [0.29, 0.717) is 24.4 Å². The van der Waals surface area contributed by atoms with Crippen molar-refractivity contribution in [3.8, 4) is 5.75 Å². The van der Waals surface area contributed by atoms with Crippen molar-refractivity contribution in [2.75, 3.05) is 26.7 Å². The number of nitrogens with zero attached hydrogens (tertiary/aromatic N) is 3. The van der Waals surface area contributed by atoms with Crippen molar-refractivity contribution < 1.29 is 19.1 Å².